The molecule has 154 valence electrons. The molecular formula is C21H37IN4O. The highest BCUT2D eigenvalue weighted by Crippen LogP contribution is 2.16. The first-order valence-electron chi connectivity index (χ1n) is 10.1. The van der Waals surface area contributed by atoms with Gasteiger partial charge in [-0.05, 0) is 50.9 Å². The SMILES string of the molecule is CCNC(=NCc1ccccc1CN1CCCCCC1)NC(C)COC.I. The first kappa shape index (κ1) is 24.2. The number of hydrogen-bond acceptors (Lipinski definition) is 3. The van der Waals surface area contributed by atoms with Gasteiger partial charge in [0.1, 0.15) is 0 Å². The van der Waals surface area contributed by atoms with Crippen LogP contribution in [0.2, 0.25) is 0 Å². The van der Waals surface area contributed by atoms with E-state index in [1.54, 1.807) is 7.11 Å². The minimum Gasteiger partial charge on any atom is -0.383 e. The Morgan fingerprint density at radius 1 is 1.15 bits per heavy atom. The Labute approximate surface area is 182 Å². The van der Waals surface area contributed by atoms with Gasteiger partial charge in [0.05, 0.1) is 13.2 Å². The molecule has 2 rings (SSSR count). The summed E-state index contributed by atoms with van der Waals surface area (Å²) in [4.78, 5) is 7.40. The third-order valence-electron chi connectivity index (χ3n) is 4.76. The molecule has 1 aromatic carbocycles. The molecule has 0 radical (unpaired) electrons. The van der Waals surface area contributed by atoms with Crippen LogP contribution in [0.15, 0.2) is 29.3 Å². The van der Waals surface area contributed by atoms with Gasteiger partial charge in [-0.25, -0.2) is 4.99 Å². The predicted molar refractivity (Wildman–Crippen MR) is 125 cm³/mol. The molecule has 1 saturated heterocycles. The van der Waals surface area contributed by atoms with Crippen LogP contribution >= 0.6 is 24.0 Å². The fourth-order valence-corrected chi connectivity index (χ4v) is 3.41. The molecule has 0 aliphatic carbocycles. The van der Waals surface area contributed by atoms with Crippen LogP contribution in [0.1, 0.15) is 50.7 Å². The van der Waals surface area contributed by atoms with E-state index in [0.29, 0.717) is 13.2 Å². The third kappa shape index (κ3) is 9.25. The number of rotatable bonds is 8. The van der Waals surface area contributed by atoms with Crippen LogP contribution in [0.4, 0.5) is 0 Å². The van der Waals surface area contributed by atoms with E-state index < -0.39 is 0 Å². The van der Waals surface area contributed by atoms with Crippen molar-refractivity contribution in [2.75, 3.05) is 33.4 Å². The largest absolute Gasteiger partial charge is 0.383 e. The van der Waals surface area contributed by atoms with Crippen molar-refractivity contribution in [3.8, 4) is 0 Å². The molecule has 6 heteroatoms. The lowest BCUT2D eigenvalue weighted by molar-refractivity contribution is 0.179. The molecule has 1 aliphatic rings. The Bertz CT molecular complexity index is 545. The van der Waals surface area contributed by atoms with Crippen molar-refractivity contribution in [3.63, 3.8) is 0 Å². The van der Waals surface area contributed by atoms with E-state index >= 15 is 0 Å². The number of likely N-dealkylation sites (tertiary alicyclic amines) is 1. The maximum atomic E-state index is 5.21. The minimum absolute atomic E-state index is 0. The van der Waals surface area contributed by atoms with Gasteiger partial charge in [0.15, 0.2) is 5.96 Å². The molecule has 1 unspecified atom stereocenters. The lowest BCUT2D eigenvalue weighted by Gasteiger charge is -2.21. The highest BCUT2D eigenvalue weighted by atomic mass is 127. The van der Waals surface area contributed by atoms with Crippen molar-refractivity contribution in [1.82, 2.24) is 15.5 Å². The summed E-state index contributed by atoms with van der Waals surface area (Å²) >= 11 is 0. The van der Waals surface area contributed by atoms with Crippen molar-refractivity contribution >= 4 is 29.9 Å². The number of hydrogen-bond donors (Lipinski definition) is 2. The second-order valence-corrected chi connectivity index (χ2v) is 7.15. The molecule has 1 aliphatic heterocycles. The van der Waals surface area contributed by atoms with Crippen LogP contribution in [0.3, 0.4) is 0 Å². The molecule has 2 N–H and O–H groups in total. The fraction of sp³-hybridized carbons (Fsp3) is 0.667. The number of methoxy groups -OCH3 is 1. The topological polar surface area (TPSA) is 48.9 Å². The maximum Gasteiger partial charge on any atom is 0.191 e. The first-order chi connectivity index (χ1) is 12.7. The van der Waals surface area contributed by atoms with Gasteiger partial charge in [0.2, 0.25) is 0 Å². The van der Waals surface area contributed by atoms with Crippen molar-refractivity contribution in [2.45, 2.75) is 58.7 Å². The van der Waals surface area contributed by atoms with Gasteiger partial charge < -0.3 is 15.4 Å². The van der Waals surface area contributed by atoms with Gasteiger partial charge in [0.25, 0.3) is 0 Å². The molecule has 1 atom stereocenters. The van der Waals surface area contributed by atoms with Crippen molar-refractivity contribution in [2.24, 2.45) is 4.99 Å². The first-order valence-corrected chi connectivity index (χ1v) is 10.1. The Kier molecular flexibility index (Phi) is 12.7. The second-order valence-electron chi connectivity index (χ2n) is 7.15. The number of aliphatic imine (C=N–C) groups is 1. The van der Waals surface area contributed by atoms with Crippen molar-refractivity contribution in [3.05, 3.63) is 35.4 Å². The highest BCUT2D eigenvalue weighted by molar-refractivity contribution is 14.0. The van der Waals surface area contributed by atoms with Gasteiger partial charge in [-0.1, -0.05) is 37.1 Å². The summed E-state index contributed by atoms with van der Waals surface area (Å²) in [7, 11) is 1.72. The normalized spacial score (nSPS) is 16.9. The summed E-state index contributed by atoms with van der Waals surface area (Å²) in [6.45, 7) is 9.87. The summed E-state index contributed by atoms with van der Waals surface area (Å²) < 4.78 is 5.21. The van der Waals surface area contributed by atoms with Gasteiger partial charge in [0, 0.05) is 26.2 Å². The Morgan fingerprint density at radius 2 is 1.81 bits per heavy atom. The highest BCUT2D eigenvalue weighted by Gasteiger charge is 2.12. The molecule has 0 amide bonds. The summed E-state index contributed by atoms with van der Waals surface area (Å²) in [5.41, 5.74) is 2.72. The molecular weight excluding hydrogens is 451 g/mol. The number of guanidine groups is 1. The number of ether oxygens (including phenoxy) is 1. The minimum atomic E-state index is 0. The number of nitrogens with one attached hydrogen (secondary N) is 2. The van der Waals surface area contributed by atoms with E-state index in [-0.39, 0.29) is 30.0 Å². The molecule has 0 spiro atoms. The van der Waals surface area contributed by atoms with Crippen LogP contribution in [-0.4, -0.2) is 50.3 Å². The molecule has 0 saturated carbocycles. The Hall–Kier alpha value is -0.860. The van der Waals surface area contributed by atoms with Crippen molar-refractivity contribution < 1.29 is 4.74 Å². The second kappa shape index (κ2) is 14.2. The average molecular weight is 488 g/mol. The van der Waals surface area contributed by atoms with E-state index in [0.717, 1.165) is 19.0 Å². The lowest BCUT2D eigenvalue weighted by atomic mass is 10.1. The number of benzene rings is 1. The summed E-state index contributed by atoms with van der Waals surface area (Å²) in [5, 5.41) is 6.73. The molecule has 1 aromatic rings. The molecule has 5 nitrogen and oxygen atoms in total. The zero-order chi connectivity index (χ0) is 18.6. The fourth-order valence-electron chi connectivity index (χ4n) is 3.41. The molecule has 0 aromatic heterocycles. The van der Waals surface area contributed by atoms with Crippen LogP contribution in [0, 0.1) is 0 Å². The summed E-state index contributed by atoms with van der Waals surface area (Å²) in [6.07, 6.45) is 5.40. The smallest absolute Gasteiger partial charge is 0.191 e. The Morgan fingerprint density at radius 3 is 2.44 bits per heavy atom. The monoisotopic (exact) mass is 488 g/mol. The van der Waals surface area contributed by atoms with Crippen LogP contribution in [0.25, 0.3) is 0 Å². The molecule has 1 fully saturated rings. The molecule has 1 heterocycles. The van der Waals surface area contributed by atoms with E-state index in [1.165, 1.54) is 49.9 Å². The van der Waals surface area contributed by atoms with Gasteiger partial charge >= 0.3 is 0 Å². The average Bonchev–Trinajstić information content (AvgIpc) is 2.90. The van der Waals surface area contributed by atoms with Crippen LogP contribution in [-0.2, 0) is 17.8 Å². The molecule has 27 heavy (non-hydrogen) atoms. The van der Waals surface area contributed by atoms with Gasteiger partial charge in [-0.2, -0.15) is 0 Å². The van der Waals surface area contributed by atoms with Crippen molar-refractivity contribution in [1.29, 1.82) is 0 Å². The predicted octanol–water partition coefficient (Wildman–Crippen LogP) is 3.77. The van der Waals surface area contributed by atoms with E-state index in [9.17, 15) is 0 Å². The molecule has 0 bridgehead atoms. The maximum absolute atomic E-state index is 5.21. The van der Waals surface area contributed by atoms with Gasteiger partial charge in [-0.15, -0.1) is 24.0 Å². The quantitative estimate of drug-likeness (QED) is 0.332. The third-order valence-corrected chi connectivity index (χ3v) is 4.76. The standard InChI is InChI=1S/C21H36N4O.HI/c1-4-22-21(24-18(2)17-26-3)23-15-19-11-7-8-12-20(19)16-25-13-9-5-6-10-14-25;/h7-8,11-12,18H,4-6,9-10,13-17H2,1-3H3,(H2,22,23,24);1H. The van der Waals surface area contributed by atoms with E-state index in [1.807, 2.05) is 0 Å². The van der Waals surface area contributed by atoms with E-state index in [4.69, 9.17) is 9.73 Å². The zero-order valence-corrected chi connectivity index (χ0v) is 19.5. The van der Waals surface area contributed by atoms with Crippen LogP contribution < -0.4 is 10.6 Å². The van der Waals surface area contributed by atoms with E-state index in [2.05, 4.69) is 53.6 Å². The Balaban J connectivity index is 0.00000364. The van der Waals surface area contributed by atoms with Gasteiger partial charge in [-0.3, -0.25) is 4.90 Å². The zero-order valence-electron chi connectivity index (χ0n) is 17.2. The summed E-state index contributed by atoms with van der Waals surface area (Å²) in [5.74, 6) is 0.849. The summed E-state index contributed by atoms with van der Waals surface area (Å²) in [6, 6.07) is 8.95. The number of nitrogens with zero attached hydrogens (tertiary/aromatic N) is 2. The number of halogens is 1. The van der Waals surface area contributed by atoms with Crippen LogP contribution in [0.5, 0.6) is 0 Å². The lowest BCUT2D eigenvalue weighted by Crippen LogP contribution is -2.43.